The molecule has 158 valence electrons. The lowest BCUT2D eigenvalue weighted by molar-refractivity contribution is 0.354. The van der Waals surface area contributed by atoms with Crippen LogP contribution in [0.1, 0.15) is 16.7 Å². The Labute approximate surface area is 179 Å². The quantitative estimate of drug-likeness (QED) is 0.397. The topological polar surface area (TPSA) is 127 Å². The number of H-pyrrole nitrogens is 1. The van der Waals surface area contributed by atoms with Gasteiger partial charge in [-0.15, -0.1) is 0 Å². The largest absolute Gasteiger partial charge is 0.504 e. The third-order valence-corrected chi connectivity index (χ3v) is 4.35. The average molecular weight is 418 g/mol. The highest BCUT2D eigenvalue weighted by atomic mass is 16.5. The molecule has 0 aliphatic heterocycles. The smallest absolute Gasteiger partial charge is 0.270 e. The lowest BCUT2D eigenvalue weighted by Crippen LogP contribution is -2.16. The zero-order valence-corrected chi connectivity index (χ0v) is 17.4. The molecular weight excluding hydrogens is 396 g/mol. The van der Waals surface area contributed by atoms with Gasteiger partial charge in [0.1, 0.15) is 11.6 Å². The van der Waals surface area contributed by atoms with Gasteiger partial charge < -0.3 is 14.7 Å². The highest BCUT2D eigenvalue weighted by molar-refractivity contribution is 5.82. The number of aromatic amines is 1. The number of phenols is 1. The number of nitrogens with one attached hydrogen (secondary N) is 2. The molecule has 0 radical (unpaired) electrons. The number of anilines is 1. The summed E-state index contributed by atoms with van der Waals surface area (Å²) in [6.45, 7) is 0.516. The summed E-state index contributed by atoms with van der Waals surface area (Å²) in [4.78, 5) is 21.1. The number of aromatic hydroxyl groups is 1. The average Bonchev–Trinajstić information content (AvgIpc) is 2.75. The number of benzene rings is 2. The summed E-state index contributed by atoms with van der Waals surface area (Å²) in [5.74, 6) is 0.502. The van der Waals surface area contributed by atoms with E-state index in [4.69, 9.17) is 4.74 Å². The van der Waals surface area contributed by atoms with E-state index in [1.165, 1.54) is 13.3 Å². The predicted molar refractivity (Wildman–Crippen MR) is 118 cm³/mol. The van der Waals surface area contributed by atoms with E-state index < -0.39 is 5.56 Å². The second-order valence-corrected chi connectivity index (χ2v) is 6.95. The molecular formula is C22H22N6O3. The van der Waals surface area contributed by atoms with Crippen molar-refractivity contribution in [2.45, 2.75) is 6.54 Å². The van der Waals surface area contributed by atoms with E-state index in [-0.39, 0.29) is 23.0 Å². The molecule has 3 rings (SSSR count). The van der Waals surface area contributed by atoms with Crippen LogP contribution in [0.4, 0.5) is 5.95 Å². The van der Waals surface area contributed by atoms with Crippen molar-refractivity contribution in [3.63, 3.8) is 0 Å². The van der Waals surface area contributed by atoms with Crippen LogP contribution in [0.5, 0.6) is 11.5 Å². The van der Waals surface area contributed by atoms with E-state index in [0.29, 0.717) is 29.0 Å². The molecule has 1 aromatic heterocycles. The van der Waals surface area contributed by atoms with Gasteiger partial charge in [0.25, 0.3) is 5.56 Å². The van der Waals surface area contributed by atoms with Crippen LogP contribution in [0.15, 0.2) is 52.4 Å². The van der Waals surface area contributed by atoms with Gasteiger partial charge >= 0.3 is 0 Å². The Morgan fingerprint density at radius 1 is 1.32 bits per heavy atom. The number of hydrogen-bond acceptors (Lipinski definition) is 8. The van der Waals surface area contributed by atoms with Gasteiger partial charge in [-0.25, -0.2) is 10.4 Å². The lowest BCUT2D eigenvalue weighted by Gasteiger charge is -2.14. The molecule has 0 aliphatic carbocycles. The Morgan fingerprint density at radius 2 is 2.06 bits per heavy atom. The summed E-state index contributed by atoms with van der Waals surface area (Å²) >= 11 is 0. The first-order chi connectivity index (χ1) is 14.9. The Kier molecular flexibility index (Phi) is 6.64. The van der Waals surface area contributed by atoms with E-state index in [1.54, 1.807) is 36.4 Å². The van der Waals surface area contributed by atoms with E-state index in [2.05, 4.69) is 20.5 Å². The van der Waals surface area contributed by atoms with Crippen molar-refractivity contribution >= 4 is 12.2 Å². The van der Waals surface area contributed by atoms with Crippen LogP contribution < -0.4 is 15.7 Å². The number of nitrogens with zero attached hydrogens (tertiary/aromatic N) is 4. The molecule has 0 atom stereocenters. The zero-order valence-electron chi connectivity index (χ0n) is 17.4. The lowest BCUT2D eigenvalue weighted by atomic mass is 10.1. The van der Waals surface area contributed by atoms with Gasteiger partial charge in [-0.05, 0) is 31.8 Å². The number of methoxy groups -OCH3 is 1. The number of rotatable bonds is 7. The number of ether oxygens (including phenoxy) is 1. The van der Waals surface area contributed by atoms with Gasteiger partial charge in [-0.2, -0.15) is 10.4 Å². The van der Waals surface area contributed by atoms with Crippen LogP contribution in [0.3, 0.4) is 0 Å². The number of hydrazone groups is 1. The molecule has 0 saturated carbocycles. The Morgan fingerprint density at radius 3 is 2.71 bits per heavy atom. The highest BCUT2D eigenvalue weighted by Gasteiger charge is 2.13. The molecule has 0 bridgehead atoms. The van der Waals surface area contributed by atoms with Gasteiger partial charge in [-0.1, -0.05) is 30.3 Å². The standard InChI is InChI=1S/C22H22N6O3/c1-28(2)13-16-9-14(10-18(31-3)20(16)29)12-24-27-22-25-19(15-7-5-4-6-8-15)17(11-23)21(30)26-22/h4-10,12,29H,13H2,1-3H3,(H2,25,26,27,30). The first-order valence-electron chi connectivity index (χ1n) is 9.36. The molecule has 2 aromatic carbocycles. The maximum atomic E-state index is 12.3. The van der Waals surface area contributed by atoms with Crippen molar-refractivity contribution in [1.82, 2.24) is 14.9 Å². The van der Waals surface area contributed by atoms with Crippen molar-refractivity contribution in [2.75, 3.05) is 26.6 Å². The second kappa shape index (κ2) is 9.56. The van der Waals surface area contributed by atoms with E-state index in [0.717, 1.165) is 0 Å². The Balaban J connectivity index is 1.90. The third kappa shape index (κ3) is 5.07. The third-order valence-electron chi connectivity index (χ3n) is 4.35. The normalized spacial score (nSPS) is 10.9. The molecule has 9 nitrogen and oxygen atoms in total. The summed E-state index contributed by atoms with van der Waals surface area (Å²) in [5, 5.41) is 23.8. The minimum absolute atomic E-state index is 0.0719. The molecule has 3 aromatic rings. The SMILES string of the molecule is COc1cc(C=NNc2nc(-c3ccccc3)c(C#N)c(=O)[nH]2)cc(CN(C)C)c1O. The minimum atomic E-state index is -0.561. The Bertz CT molecular complexity index is 1200. The van der Waals surface area contributed by atoms with Gasteiger partial charge in [-0.3, -0.25) is 9.78 Å². The Hall–Kier alpha value is -4.16. The van der Waals surface area contributed by atoms with Crippen LogP contribution in [0.25, 0.3) is 11.3 Å². The molecule has 1 heterocycles. The molecule has 0 fully saturated rings. The number of hydrogen-bond donors (Lipinski definition) is 3. The van der Waals surface area contributed by atoms with Gasteiger partial charge in [0.2, 0.25) is 5.95 Å². The molecule has 3 N–H and O–H groups in total. The first kappa shape index (κ1) is 21.5. The number of nitriles is 1. The van der Waals surface area contributed by atoms with Gasteiger partial charge in [0, 0.05) is 17.7 Å². The molecule has 0 spiro atoms. The molecule has 0 unspecified atom stereocenters. The van der Waals surface area contributed by atoms with E-state index in [9.17, 15) is 15.2 Å². The fourth-order valence-corrected chi connectivity index (χ4v) is 2.98. The zero-order chi connectivity index (χ0) is 22.4. The minimum Gasteiger partial charge on any atom is -0.504 e. The molecule has 0 amide bonds. The van der Waals surface area contributed by atoms with Crippen LogP contribution in [0, 0.1) is 11.3 Å². The molecule has 0 saturated heterocycles. The maximum absolute atomic E-state index is 12.3. The summed E-state index contributed by atoms with van der Waals surface area (Å²) in [6.07, 6.45) is 1.52. The summed E-state index contributed by atoms with van der Waals surface area (Å²) in [5.41, 5.74) is 4.33. The van der Waals surface area contributed by atoms with E-state index in [1.807, 2.05) is 31.1 Å². The second-order valence-electron chi connectivity index (χ2n) is 6.95. The molecule has 0 aliphatic rings. The molecule has 9 heteroatoms. The first-order valence-corrected chi connectivity index (χ1v) is 9.36. The van der Waals surface area contributed by atoms with Crippen LogP contribution in [-0.2, 0) is 6.54 Å². The number of aromatic nitrogens is 2. The molecule has 31 heavy (non-hydrogen) atoms. The number of phenolic OH excluding ortho intramolecular Hbond substituents is 1. The van der Waals surface area contributed by atoms with Crippen molar-refractivity contribution < 1.29 is 9.84 Å². The van der Waals surface area contributed by atoms with Crippen molar-refractivity contribution in [3.05, 3.63) is 69.5 Å². The monoisotopic (exact) mass is 418 g/mol. The fourth-order valence-electron chi connectivity index (χ4n) is 2.98. The summed E-state index contributed by atoms with van der Waals surface area (Å²) < 4.78 is 5.24. The van der Waals surface area contributed by atoms with Crippen LogP contribution >= 0.6 is 0 Å². The van der Waals surface area contributed by atoms with Crippen molar-refractivity contribution in [2.24, 2.45) is 5.10 Å². The van der Waals surface area contributed by atoms with Crippen molar-refractivity contribution in [3.8, 4) is 28.8 Å². The van der Waals surface area contributed by atoms with Gasteiger partial charge in [0.05, 0.1) is 19.0 Å². The predicted octanol–water partition coefficient (Wildman–Crippen LogP) is 2.53. The van der Waals surface area contributed by atoms with Gasteiger partial charge in [0.15, 0.2) is 11.5 Å². The van der Waals surface area contributed by atoms with E-state index >= 15 is 0 Å². The van der Waals surface area contributed by atoms with Crippen LogP contribution in [-0.4, -0.2) is 47.4 Å². The summed E-state index contributed by atoms with van der Waals surface area (Å²) in [6, 6.07) is 14.3. The summed E-state index contributed by atoms with van der Waals surface area (Å²) in [7, 11) is 5.27. The van der Waals surface area contributed by atoms with Crippen molar-refractivity contribution in [1.29, 1.82) is 5.26 Å². The maximum Gasteiger partial charge on any atom is 0.270 e. The highest BCUT2D eigenvalue weighted by Crippen LogP contribution is 2.31. The fraction of sp³-hybridized carbons (Fsp3) is 0.182. The van der Waals surface area contributed by atoms with Crippen LogP contribution in [0.2, 0.25) is 0 Å².